The fourth-order valence-electron chi connectivity index (χ4n) is 2.40. The highest BCUT2D eigenvalue weighted by atomic mass is 127. The molecule has 0 aromatic heterocycles. The maximum Gasteiger partial charge on any atom is 0.193 e. The normalized spacial score (nSPS) is 20.0. The van der Waals surface area contributed by atoms with Crippen LogP contribution in [0.3, 0.4) is 0 Å². The molecule has 0 radical (unpaired) electrons. The molecule has 0 unspecified atom stereocenters. The van der Waals surface area contributed by atoms with E-state index in [1.807, 2.05) is 13.8 Å². The van der Waals surface area contributed by atoms with Crippen LogP contribution in [0.4, 0.5) is 0 Å². The summed E-state index contributed by atoms with van der Waals surface area (Å²) in [6, 6.07) is 0. The van der Waals surface area contributed by atoms with E-state index in [0.717, 1.165) is 45.1 Å². The highest BCUT2D eigenvalue weighted by Crippen LogP contribution is 2.23. The fourth-order valence-corrected chi connectivity index (χ4v) is 3.76. The highest BCUT2D eigenvalue weighted by molar-refractivity contribution is 14.0. The van der Waals surface area contributed by atoms with E-state index in [1.54, 1.807) is 13.8 Å². The van der Waals surface area contributed by atoms with Gasteiger partial charge in [0.1, 0.15) is 0 Å². The number of hydrogen-bond donors (Lipinski definition) is 1. The summed E-state index contributed by atoms with van der Waals surface area (Å²) in [7, 11) is -3.02. The van der Waals surface area contributed by atoms with E-state index in [9.17, 15) is 8.42 Å². The fraction of sp³-hybridized carbons (Fsp3) is 0.933. The van der Waals surface area contributed by atoms with Gasteiger partial charge in [0.05, 0.1) is 10.5 Å². The van der Waals surface area contributed by atoms with Crippen LogP contribution in [0.5, 0.6) is 0 Å². The van der Waals surface area contributed by atoms with Crippen molar-refractivity contribution in [2.24, 2.45) is 4.99 Å². The van der Waals surface area contributed by atoms with Crippen molar-refractivity contribution in [3.63, 3.8) is 0 Å². The summed E-state index contributed by atoms with van der Waals surface area (Å²) in [4.78, 5) is 6.69. The van der Waals surface area contributed by atoms with Crippen molar-refractivity contribution in [2.75, 3.05) is 45.1 Å². The van der Waals surface area contributed by atoms with Gasteiger partial charge in [-0.1, -0.05) is 0 Å². The summed E-state index contributed by atoms with van der Waals surface area (Å²) >= 11 is 0. The summed E-state index contributed by atoms with van der Waals surface area (Å²) in [6.45, 7) is 11.6. The van der Waals surface area contributed by atoms with Gasteiger partial charge >= 0.3 is 0 Å². The molecule has 1 N–H and O–H groups in total. The van der Waals surface area contributed by atoms with E-state index in [-0.39, 0.29) is 29.7 Å². The first-order chi connectivity index (χ1) is 10.3. The van der Waals surface area contributed by atoms with Crippen molar-refractivity contribution in [3.05, 3.63) is 0 Å². The number of aliphatic imine (C=N–C) groups is 1. The minimum atomic E-state index is -3.02. The van der Waals surface area contributed by atoms with Gasteiger partial charge in [0, 0.05) is 39.4 Å². The molecular weight excluding hydrogens is 429 g/mol. The Morgan fingerprint density at radius 3 is 2.57 bits per heavy atom. The molecule has 1 saturated heterocycles. The van der Waals surface area contributed by atoms with Crippen LogP contribution in [0.1, 0.15) is 40.5 Å². The van der Waals surface area contributed by atoms with Gasteiger partial charge in [-0.05, 0) is 40.5 Å². The second-order valence-corrected chi connectivity index (χ2v) is 8.88. The van der Waals surface area contributed by atoms with Crippen molar-refractivity contribution >= 4 is 39.8 Å². The molecule has 0 spiro atoms. The van der Waals surface area contributed by atoms with Crippen LogP contribution in [-0.2, 0) is 14.6 Å². The number of rotatable bonds is 7. The van der Waals surface area contributed by atoms with E-state index >= 15 is 0 Å². The minimum absolute atomic E-state index is 0. The van der Waals surface area contributed by atoms with Crippen molar-refractivity contribution in [3.8, 4) is 0 Å². The van der Waals surface area contributed by atoms with Gasteiger partial charge in [-0.3, -0.25) is 4.99 Å². The van der Waals surface area contributed by atoms with Gasteiger partial charge in [-0.15, -0.1) is 24.0 Å². The number of guanidine groups is 1. The molecule has 0 saturated carbocycles. The monoisotopic (exact) mass is 461 g/mol. The lowest BCUT2D eigenvalue weighted by molar-refractivity contribution is 0.144. The first-order valence-corrected chi connectivity index (χ1v) is 9.82. The molecule has 1 fully saturated rings. The number of sulfone groups is 1. The molecule has 8 heteroatoms. The maximum absolute atomic E-state index is 12.1. The van der Waals surface area contributed by atoms with Crippen LogP contribution >= 0.6 is 24.0 Å². The van der Waals surface area contributed by atoms with Gasteiger partial charge < -0.3 is 15.0 Å². The van der Waals surface area contributed by atoms with Gasteiger partial charge in [0.2, 0.25) is 0 Å². The summed E-state index contributed by atoms with van der Waals surface area (Å²) in [5, 5.41) is 3.27. The van der Waals surface area contributed by atoms with Crippen LogP contribution in [0.2, 0.25) is 0 Å². The molecule has 0 aromatic rings. The molecule has 138 valence electrons. The Morgan fingerprint density at radius 2 is 2.00 bits per heavy atom. The van der Waals surface area contributed by atoms with Crippen molar-refractivity contribution in [1.82, 2.24) is 10.2 Å². The number of ether oxygens (including phenoxy) is 1. The lowest BCUT2D eigenvalue weighted by atomic mass is 10.2. The van der Waals surface area contributed by atoms with Crippen LogP contribution < -0.4 is 5.32 Å². The third-order valence-electron chi connectivity index (χ3n) is 3.84. The van der Waals surface area contributed by atoms with Gasteiger partial charge in [0.25, 0.3) is 0 Å². The quantitative estimate of drug-likeness (QED) is 0.272. The Balaban J connectivity index is 0.00000484. The zero-order chi connectivity index (χ0) is 16.6. The molecule has 0 aliphatic carbocycles. The Hall–Kier alpha value is -0.0900. The standard InChI is InChI=1S/C15H31N3O3S.HI/c1-5-16-14(17-9-7-8-11-21-6-2)18-10-12-22(19,20)15(3,4)13-18;/h5-13H2,1-4H3,(H,16,17);1H. The molecular formula is C15H32IN3O3S. The predicted molar refractivity (Wildman–Crippen MR) is 107 cm³/mol. The van der Waals surface area contributed by atoms with E-state index in [0.29, 0.717) is 13.1 Å². The molecule has 1 aliphatic rings. The average Bonchev–Trinajstić information content (AvgIpc) is 2.44. The number of nitrogens with one attached hydrogen (secondary N) is 1. The van der Waals surface area contributed by atoms with Crippen molar-refractivity contribution < 1.29 is 13.2 Å². The molecule has 0 atom stereocenters. The van der Waals surface area contributed by atoms with Crippen LogP contribution in [-0.4, -0.2) is 69.2 Å². The summed E-state index contributed by atoms with van der Waals surface area (Å²) in [5.74, 6) is 1.01. The largest absolute Gasteiger partial charge is 0.382 e. The molecule has 0 amide bonds. The summed E-state index contributed by atoms with van der Waals surface area (Å²) in [5.41, 5.74) is 0. The van der Waals surface area contributed by atoms with Crippen molar-refractivity contribution in [2.45, 2.75) is 45.3 Å². The topological polar surface area (TPSA) is 71.0 Å². The van der Waals surface area contributed by atoms with Gasteiger partial charge in [0.15, 0.2) is 15.8 Å². The third kappa shape index (κ3) is 7.13. The zero-order valence-corrected chi connectivity index (χ0v) is 17.9. The molecule has 0 bridgehead atoms. The Labute approximate surface area is 158 Å². The van der Waals surface area contributed by atoms with Crippen molar-refractivity contribution in [1.29, 1.82) is 0 Å². The first-order valence-electron chi connectivity index (χ1n) is 8.17. The zero-order valence-electron chi connectivity index (χ0n) is 14.8. The van der Waals surface area contributed by atoms with Crippen LogP contribution in [0.15, 0.2) is 4.99 Å². The average molecular weight is 461 g/mol. The number of unbranched alkanes of at least 4 members (excludes halogenated alkanes) is 1. The summed E-state index contributed by atoms with van der Waals surface area (Å²) < 4.78 is 28.8. The van der Waals surface area contributed by atoms with E-state index in [2.05, 4.69) is 15.2 Å². The smallest absolute Gasteiger partial charge is 0.193 e. The molecule has 1 heterocycles. The van der Waals surface area contributed by atoms with Gasteiger partial charge in [-0.2, -0.15) is 0 Å². The first kappa shape index (κ1) is 22.9. The number of nitrogens with zero attached hydrogens (tertiary/aromatic N) is 2. The number of halogens is 1. The lowest BCUT2D eigenvalue weighted by Crippen LogP contribution is -2.57. The van der Waals surface area contributed by atoms with E-state index in [4.69, 9.17) is 4.74 Å². The van der Waals surface area contributed by atoms with E-state index < -0.39 is 14.6 Å². The Kier molecular flexibility index (Phi) is 10.7. The van der Waals surface area contributed by atoms with Gasteiger partial charge in [-0.25, -0.2) is 8.42 Å². The van der Waals surface area contributed by atoms with Crippen LogP contribution in [0.25, 0.3) is 0 Å². The number of hydrogen-bond acceptors (Lipinski definition) is 4. The molecule has 0 aromatic carbocycles. The second kappa shape index (κ2) is 10.7. The molecule has 1 rings (SSSR count). The SMILES string of the molecule is CCNC(=NCCCCOCC)N1CCS(=O)(=O)C(C)(C)C1.I. The molecule has 6 nitrogen and oxygen atoms in total. The Morgan fingerprint density at radius 1 is 1.30 bits per heavy atom. The third-order valence-corrected chi connectivity index (χ3v) is 6.37. The maximum atomic E-state index is 12.1. The van der Waals surface area contributed by atoms with E-state index in [1.165, 1.54) is 0 Å². The van der Waals surface area contributed by atoms with Crippen LogP contribution in [0, 0.1) is 0 Å². The lowest BCUT2D eigenvalue weighted by Gasteiger charge is -2.39. The minimum Gasteiger partial charge on any atom is -0.382 e. The highest BCUT2D eigenvalue weighted by Gasteiger charge is 2.40. The Bertz CT molecular complexity index is 467. The molecule has 1 aliphatic heterocycles. The summed E-state index contributed by atoms with van der Waals surface area (Å²) in [6.07, 6.45) is 1.97. The molecule has 23 heavy (non-hydrogen) atoms. The second-order valence-electron chi connectivity index (χ2n) is 6.14. The predicted octanol–water partition coefficient (Wildman–Crippen LogP) is 1.90.